The molecular formula is C30H34O7. The number of carbonyl (C=O) groups excluding carboxylic acids is 5. The van der Waals surface area contributed by atoms with Crippen LogP contribution in [-0.4, -0.2) is 44.7 Å². The van der Waals surface area contributed by atoms with Crippen LogP contribution in [0.25, 0.3) is 0 Å². The number of rotatable bonds is 2. The summed E-state index contributed by atoms with van der Waals surface area (Å²) < 4.78 is 0. The molecule has 0 amide bonds. The van der Waals surface area contributed by atoms with E-state index < -0.39 is 63.1 Å². The van der Waals surface area contributed by atoms with Crippen molar-refractivity contribution in [2.24, 2.45) is 40.4 Å². The molecule has 37 heavy (non-hydrogen) atoms. The number of hydrogen-bond donors (Lipinski definition) is 2. The number of phenols is 1. The molecule has 1 aromatic carbocycles. The highest BCUT2D eigenvalue weighted by Crippen LogP contribution is 2.63. The average Bonchev–Trinajstić information content (AvgIpc) is 2.75. The second-order valence-electron chi connectivity index (χ2n) is 12.2. The first-order chi connectivity index (χ1) is 17.0. The highest BCUT2D eigenvalue weighted by Gasteiger charge is 2.76. The maximum Gasteiger partial charge on any atom is 0.190 e. The van der Waals surface area contributed by atoms with E-state index in [1.54, 1.807) is 33.8 Å². The summed E-state index contributed by atoms with van der Waals surface area (Å²) in [7, 11) is 0. The Hall–Kier alpha value is -3.11. The van der Waals surface area contributed by atoms with E-state index in [0.717, 1.165) is 6.92 Å². The van der Waals surface area contributed by atoms with E-state index in [1.165, 1.54) is 6.07 Å². The molecule has 0 radical (unpaired) electrons. The van der Waals surface area contributed by atoms with E-state index in [9.17, 15) is 34.2 Å². The lowest BCUT2D eigenvalue weighted by atomic mass is 9.40. The van der Waals surface area contributed by atoms with Crippen molar-refractivity contribution >= 4 is 28.9 Å². The largest absolute Gasteiger partial charge is 0.507 e. The van der Waals surface area contributed by atoms with Crippen LogP contribution < -0.4 is 0 Å². The highest BCUT2D eigenvalue weighted by molar-refractivity contribution is 6.32. The van der Waals surface area contributed by atoms with Gasteiger partial charge >= 0.3 is 0 Å². The summed E-state index contributed by atoms with van der Waals surface area (Å²) in [5.41, 5.74) is -4.20. The number of fused-ring (bicyclic) bond motifs is 3. The second-order valence-corrected chi connectivity index (χ2v) is 12.2. The van der Waals surface area contributed by atoms with Crippen LogP contribution in [-0.2, 0) is 25.6 Å². The third-order valence-electron chi connectivity index (χ3n) is 8.76. The Morgan fingerprint density at radius 1 is 1.05 bits per heavy atom. The van der Waals surface area contributed by atoms with E-state index in [0.29, 0.717) is 11.1 Å². The molecule has 0 bridgehead atoms. The summed E-state index contributed by atoms with van der Waals surface area (Å²) in [5, 5.41) is 22.6. The molecule has 3 aliphatic carbocycles. The van der Waals surface area contributed by atoms with E-state index in [-0.39, 0.29) is 36.0 Å². The van der Waals surface area contributed by atoms with Gasteiger partial charge in [-0.25, -0.2) is 0 Å². The third kappa shape index (κ3) is 3.49. The number of benzene rings is 1. The van der Waals surface area contributed by atoms with Crippen molar-refractivity contribution in [1.82, 2.24) is 0 Å². The fourth-order valence-corrected chi connectivity index (χ4v) is 7.48. The van der Waals surface area contributed by atoms with Crippen molar-refractivity contribution in [3.05, 3.63) is 28.8 Å². The number of ketones is 5. The molecule has 4 rings (SSSR count). The Morgan fingerprint density at radius 2 is 1.68 bits per heavy atom. The minimum Gasteiger partial charge on any atom is -0.507 e. The Kier molecular flexibility index (Phi) is 6.16. The number of Topliss-reactive ketones (excluding diaryl/α,β-unsaturated/α-hetero) is 5. The van der Waals surface area contributed by atoms with Gasteiger partial charge < -0.3 is 10.2 Å². The van der Waals surface area contributed by atoms with Crippen LogP contribution in [0.1, 0.15) is 76.4 Å². The number of phenolic OH excluding ortho intramolecular Hbond substituents is 1. The molecule has 2 saturated carbocycles. The number of hydrogen-bond acceptors (Lipinski definition) is 7. The smallest absolute Gasteiger partial charge is 0.190 e. The fraction of sp³-hybridized carbons (Fsp3) is 0.567. The van der Waals surface area contributed by atoms with Gasteiger partial charge in [0, 0.05) is 22.8 Å². The highest BCUT2D eigenvalue weighted by atomic mass is 16.3. The Bertz CT molecular complexity index is 1330. The van der Waals surface area contributed by atoms with Gasteiger partial charge in [-0.3, -0.25) is 24.0 Å². The van der Waals surface area contributed by atoms with Gasteiger partial charge in [0.05, 0.1) is 11.5 Å². The van der Waals surface area contributed by atoms with Gasteiger partial charge in [-0.05, 0) is 48.8 Å². The standard InChI is InChI=1S/C30H34O7/c1-14(2)8-9-17-10-11-19(32)21-18(17)12-28(6)13-29(7)22(15(3)4)24(33)20(16(5)31)26(35)30(29,37)27(36)23(28)25(21)34/h10-11,14-15,20,22-23,32,37H,12-13H2,1-7H3/t20?,22?,23?,28-,29-,30+/m1/s1. The minimum atomic E-state index is -2.69. The van der Waals surface area contributed by atoms with Crippen LogP contribution in [0, 0.1) is 52.3 Å². The lowest BCUT2D eigenvalue weighted by Crippen LogP contribution is -2.76. The van der Waals surface area contributed by atoms with E-state index in [1.807, 2.05) is 13.8 Å². The minimum absolute atomic E-state index is 0.0236. The first-order valence-corrected chi connectivity index (χ1v) is 12.8. The molecule has 0 spiro atoms. The zero-order valence-electron chi connectivity index (χ0n) is 22.4. The van der Waals surface area contributed by atoms with Crippen LogP contribution in [0.15, 0.2) is 12.1 Å². The molecule has 0 aromatic heterocycles. The van der Waals surface area contributed by atoms with Crippen molar-refractivity contribution in [3.63, 3.8) is 0 Å². The molecule has 3 aliphatic rings. The normalized spacial score (nSPS) is 35.0. The number of aromatic hydroxyl groups is 1. The zero-order chi connectivity index (χ0) is 27.8. The molecule has 3 unspecified atom stereocenters. The first kappa shape index (κ1) is 26.9. The summed E-state index contributed by atoms with van der Waals surface area (Å²) in [6.07, 6.45) is 0.214. The lowest BCUT2D eigenvalue weighted by molar-refractivity contribution is -0.205. The summed E-state index contributed by atoms with van der Waals surface area (Å²) in [4.78, 5) is 67.7. The zero-order valence-corrected chi connectivity index (χ0v) is 22.4. The fourth-order valence-electron chi connectivity index (χ4n) is 7.48. The van der Waals surface area contributed by atoms with E-state index in [4.69, 9.17) is 0 Å². The Balaban J connectivity index is 1.98. The Labute approximate surface area is 217 Å². The van der Waals surface area contributed by atoms with Crippen molar-refractivity contribution in [2.45, 2.75) is 66.9 Å². The Morgan fingerprint density at radius 3 is 2.22 bits per heavy atom. The molecule has 0 aliphatic heterocycles. The summed E-state index contributed by atoms with van der Waals surface area (Å²) >= 11 is 0. The van der Waals surface area contributed by atoms with Gasteiger partial charge in [0.25, 0.3) is 0 Å². The molecule has 1 aromatic rings. The van der Waals surface area contributed by atoms with Crippen LogP contribution in [0.2, 0.25) is 0 Å². The maximum absolute atomic E-state index is 14.2. The van der Waals surface area contributed by atoms with Crippen molar-refractivity contribution < 1.29 is 34.2 Å². The summed E-state index contributed by atoms with van der Waals surface area (Å²) in [6, 6.07) is 3.01. The lowest BCUT2D eigenvalue weighted by Gasteiger charge is -2.61. The van der Waals surface area contributed by atoms with E-state index in [2.05, 4.69) is 11.8 Å². The van der Waals surface area contributed by atoms with Crippen molar-refractivity contribution in [3.8, 4) is 17.6 Å². The predicted octanol–water partition coefficient (Wildman–Crippen LogP) is 3.10. The van der Waals surface area contributed by atoms with Crippen LogP contribution >= 0.6 is 0 Å². The van der Waals surface area contributed by atoms with Crippen LogP contribution in [0.4, 0.5) is 0 Å². The predicted molar refractivity (Wildman–Crippen MR) is 135 cm³/mol. The molecule has 7 nitrogen and oxygen atoms in total. The number of aliphatic hydroxyl groups is 1. The van der Waals surface area contributed by atoms with E-state index >= 15 is 0 Å². The molecule has 7 heteroatoms. The van der Waals surface area contributed by atoms with Gasteiger partial charge in [-0.15, -0.1) is 0 Å². The molecule has 2 fully saturated rings. The quantitative estimate of drug-likeness (QED) is 0.466. The van der Waals surface area contributed by atoms with Crippen molar-refractivity contribution in [1.29, 1.82) is 0 Å². The topological polar surface area (TPSA) is 126 Å². The van der Waals surface area contributed by atoms with Crippen molar-refractivity contribution in [2.75, 3.05) is 0 Å². The SMILES string of the molecule is CC(=O)C1C(=O)C(C(C)C)[C@@]2(C)C[C@@]3(C)Cc4c(C#CC(C)C)ccc(O)c4C(=O)C3C(=O)[C@@]2(O)C1=O. The molecule has 2 N–H and O–H groups in total. The maximum atomic E-state index is 14.2. The molecule has 6 atom stereocenters. The molecule has 196 valence electrons. The average molecular weight is 507 g/mol. The summed E-state index contributed by atoms with van der Waals surface area (Å²) in [5.74, 6) is -2.71. The van der Waals surface area contributed by atoms with Gasteiger partial charge in [0.15, 0.2) is 28.7 Å². The van der Waals surface area contributed by atoms with Gasteiger partial charge in [0.1, 0.15) is 17.5 Å². The number of carbonyl (C=O) groups is 5. The molecule has 0 heterocycles. The first-order valence-electron chi connectivity index (χ1n) is 12.8. The van der Waals surface area contributed by atoms with Gasteiger partial charge in [-0.1, -0.05) is 53.4 Å². The monoisotopic (exact) mass is 506 g/mol. The van der Waals surface area contributed by atoms with Gasteiger partial charge in [0.2, 0.25) is 0 Å². The van der Waals surface area contributed by atoms with Crippen LogP contribution in [0.3, 0.4) is 0 Å². The van der Waals surface area contributed by atoms with Crippen LogP contribution in [0.5, 0.6) is 5.75 Å². The van der Waals surface area contributed by atoms with Gasteiger partial charge in [-0.2, -0.15) is 0 Å². The third-order valence-corrected chi connectivity index (χ3v) is 8.76. The summed E-state index contributed by atoms with van der Waals surface area (Å²) in [6.45, 7) is 11.8. The molecule has 0 saturated heterocycles. The molecular weight excluding hydrogens is 472 g/mol. The second kappa shape index (κ2) is 8.46.